The van der Waals surface area contributed by atoms with Crippen molar-refractivity contribution in [3.05, 3.63) is 221 Å². The number of amides is 3. The number of piperazine rings is 3. The molecule has 6 fully saturated rings. The molecule has 9 aliphatic heterocycles. The number of hydrogen-bond donors (Lipinski definition) is 0. The summed E-state index contributed by atoms with van der Waals surface area (Å²) >= 11 is 0. The number of benzene rings is 5. The van der Waals surface area contributed by atoms with E-state index in [0.717, 1.165) is 117 Å². The van der Waals surface area contributed by atoms with Crippen LogP contribution in [0.25, 0.3) is 36.1 Å². The van der Waals surface area contributed by atoms with E-state index in [0.29, 0.717) is 134 Å². The third kappa shape index (κ3) is 19.8. The van der Waals surface area contributed by atoms with Gasteiger partial charge >= 0.3 is 24.2 Å². The lowest BCUT2D eigenvalue weighted by molar-refractivity contribution is -0.137. The van der Waals surface area contributed by atoms with E-state index < -0.39 is 11.7 Å². The van der Waals surface area contributed by atoms with Gasteiger partial charge in [-0.15, -0.1) is 0 Å². The molecule has 9 aliphatic rings. The minimum Gasteiger partial charge on any atom is -0.462 e. The average Bonchev–Trinajstić information content (AvgIpc) is 1.16. The number of likely N-dealkylation sites (tertiary alicyclic amines) is 3. The van der Waals surface area contributed by atoms with Gasteiger partial charge in [0.15, 0.2) is 0 Å². The molecule has 6 saturated heterocycles. The number of para-hydroxylation sites is 1. The Bertz CT molecular complexity index is 5380. The number of rotatable bonds is 21. The first-order valence-electron chi connectivity index (χ1n) is 43.8. The summed E-state index contributed by atoms with van der Waals surface area (Å²) in [6, 6.07) is 36.7. The van der Waals surface area contributed by atoms with Crippen molar-refractivity contribution >= 4 is 73.8 Å². The molecule has 17 rings (SSSR count). The molecule has 8 aromatic rings. The first-order chi connectivity index (χ1) is 60.7. The van der Waals surface area contributed by atoms with Gasteiger partial charge in [0.2, 0.25) is 37.4 Å². The number of anilines is 6. The summed E-state index contributed by atoms with van der Waals surface area (Å²) in [6.45, 7) is 48.4. The normalized spacial score (nSPS) is 21.7. The molecular formula is C95H112F3N21O6. The van der Waals surface area contributed by atoms with E-state index >= 15 is 0 Å². The minimum absolute atomic E-state index is 0.0137. The summed E-state index contributed by atoms with van der Waals surface area (Å²) in [7, 11) is 6.36. The van der Waals surface area contributed by atoms with Gasteiger partial charge in [0, 0.05) is 141 Å². The largest absolute Gasteiger partial charge is 0.462 e. The second-order valence-corrected chi connectivity index (χ2v) is 34.0. The lowest BCUT2D eigenvalue weighted by Gasteiger charge is -2.45. The van der Waals surface area contributed by atoms with E-state index in [1.54, 1.807) is 25.7 Å². The molecule has 0 spiro atoms. The molecule has 3 aromatic heterocycles. The second kappa shape index (κ2) is 39.8. The molecule has 30 heteroatoms. The predicted molar refractivity (Wildman–Crippen MR) is 480 cm³/mol. The summed E-state index contributed by atoms with van der Waals surface area (Å²) < 4.78 is 60.3. The van der Waals surface area contributed by atoms with E-state index in [1.807, 2.05) is 0 Å². The number of nitrogens with zero attached hydrogens (tertiary/aromatic N) is 21. The molecule has 12 heterocycles. The van der Waals surface area contributed by atoms with Crippen LogP contribution in [0, 0.1) is 19.7 Å². The smallest absolute Gasteiger partial charge is 0.418 e. The topological polar surface area (TPSA) is 208 Å². The SMILES string of the molecule is [C-]#[N+]C[C@H]1CN(c2nc(OC[C@@H]3CCCCN3C)nc3c2CCN(c2cccc4ccccc24)C3)CCN1C(=O)C=C.[C-]#[N+]C[C@H]1CN(c2nc(OC[C@@H]3CCCN3C)nc3c2CCN(c2cccc4ccccc24)C3)[C@H](C)CN1C(=O)C=C.[C-]#[N+]C[C@H]1CN(c2nc(OC[C@@H]3CCCN3C)nc3c2CCN(c2ccccc2C(F)(F)F)C3)CCN1C(=O)C=C. The highest BCUT2D eigenvalue weighted by Gasteiger charge is 2.43. The fraction of sp³-hybridized carbons (Fsp3) is 0.474. The highest BCUT2D eigenvalue weighted by molar-refractivity contribution is 5.96. The van der Waals surface area contributed by atoms with Crippen LogP contribution in [0.3, 0.4) is 0 Å². The van der Waals surface area contributed by atoms with Crippen LogP contribution < -0.4 is 43.6 Å². The number of aromatic nitrogens is 6. The number of halogens is 3. The van der Waals surface area contributed by atoms with Gasteiger partial charge in [-0.3, -0.25) is 14.4 Å². The van der Waals surface area contributed by atoms with Crippen molar-refractivity contribution in [1.29, 1.82) is 0 Å². The van der Waals surface area contributed by atoms with Crippen molar-refractivity contribution in [3.63, 3.8) is 0 Å². The molecule has 0 radical (unpaired) electrons. The molecule has 0 N–H and O–H groups in total. The first-order valence-corrected chi connectivity index (χ1v) is 43.8. The van der Waals surface area contributed by atoms with Crippen LogP contribution in [0.1, 0.15) is 91.2 Å². The molecule has 0 aliphatic carbocycles. The van der Waals surface area contributed by atoms with Crippen molar-refractivity contribution in [1.82, 2.24) is 59.3 Å². The maximum absolute atomic E-state index is 13.8. The fourth-order valence-corrected chi connectivity index (χ4v) is 19.4. The summed E-state index contributed by atoms with van der Waals surface area (Å²) in [4.78, 5) is 103. The van der Waals surface area contributed by atoms with Crippen LogP contribution in [0.15, 0.2) is 147 Å². The van der Waals surface area contributed by atoms with Gasteiger partial charge in [0.05, 0.1) is 42.3 Å². The van der Waals surface area contributed by atoms with E-state index in [1.165, 1.54) is 82.5 Å². The third-order valence-electron chi connectivity index (χ3n) is 26.3. The Kier molecular flexibility index (Phi) is 27.9. The zero-order valence-corrected chi connectivity index (χ0v) is 72.1. The van der Waals surface area contributed by atoms with Crippen molar-refractivity contribution in [2.24, 2.45) is 0 Å². The predicted octanol–water partition coefficient (Wildman–Crippen LogP) is 12.0. The quantitative estimate of drug-likeness (QED) is 0.0484. The Labute approximate surface area is 730 Å². The molecule has 0 bridgehead atoms. The van der Waals surface area contributed by atoms with Gasteiger partial charge in [0.1, 0.15) is 55.4 Å². The molecule has 125 heavy (non-hydrogen) atoms. The van der Waals surface area contributed by atoms with Crippen LogP contribution in [0.2, 0.25) is 0 Å². The Morgan fingerprint density at radius 3 is 1.23 bits per heavy atom. The Hall–Kier alpha value is -12.2. The summed E-state index contributed by atoms with van der Waals surface area (Å²) in [5.74, 6) is 1.95. The molecule has 3 amide bonds. The molecule has 7 atom stereocenters. The van der Waals surface area contributed by atoms with E-state index in [4.69, 9.17) is 63.8 Å². The van der Waals surface area contributed by atoms with Gasteiger partial charge in [-0.1, -0.05) is 111 Å². The van der Waals surface area contributed by atoms with Crippen molar-refractivity contribution < 1.29 is 41.8 Å². The van der Waals surface area contributed by atoms with Crippen molar-refractivity contribution in [2.75, 3.05) is 182 Å². The monoisotopic (exact) mass is 1700 g/mol. The lowest BCUT2D eigenvalue weighted by Crippen LogP contribution is -2.60. The number of carbonyl (C=O) groups is 3. The molecule has 27 nitrogen and oxygen atoms in total. The fourth-order valence-electron chi connectivity index (χ4n) is 19.4. The number of carbonyl (C=O) groups excluding carboxylic acids is 3. The maximum Gasteiger partial charge on any atom is 0.418 e. The second-order valence-electron chi connectivity index (χ2n) is 34.0. The van der Waals surface area contributed by atoms with Crippen molar-refractivity contribution in [2.45, 2.75) is 139 Å². The number of hydrogen-bond acceptors (Lipinski definition) is 21. The third-order valence-corrected chi connectivity index (χ3v) is 26.3. The standard InChI is InChI=1S/2C33H39N7O2.C29H34F3N7O2/c1-5-31(41)40-19-23(2)39(20-26(40)18-34-3)32-28-15-17-38(30-14-8-11-24-10-6-7-13-27(24)30)21-29(28)35-33(36-32)42-22-25-12-9-16-37(25)4;1-4-31(41)40-19-18-39(21-26(40)20-34-2)32-28-15-17-38(30-14-9-11-24-10-5-6-13-27(24)30)22-29(28)35-33(36-32)42-23-25-12-7-8-16-37(25)3;1-4-26(40)39-15-14-38(17-21(39)16-33-2)27-22-11-13-37(25-10-6-5-9-23(25)29(30,31)32)18-24(22)34-28(35-27)41-19-20-8-7-12-36(20)3/h5-8,10-11,13-14,23,25-26H,1,9,12,15-22H2,2,4H3;4-6,9-11,13-14,25-26H,1,7-8,12,15-23H2,3H3;4-6,9-10,20-21H,1,7-8,11-19H2,3H3/t23-,25+,26+;25-,26-;20-,21-/m100/s1. The molecule has 0 unspecified atom stereocenters. The van der Waals surface area contributed by atoms with E-state index in [9.17, 15) is 27.6 Å². The van der Waals surface area contributed by atoms with Crippen LogP contribution in [0.4, 0.5) is 47.7 Å². The Balaban J connectivity index is 0.000000145. The first kappa shape index (κ1) is 87.7. The zero-order chi connectivity index (χ0) is 87.4. The van der Waals surface area contributed by atoms with Gasteiger partial charge in [-0.25, -0.2) is 19.7 Å². The minimum atomic E-state index is -4.48. The Morgan fingerprint density at radius 1 is 0.424 bits per heavy atom. The molecule has 5 aromatic carbocycles. The number of ether oxygens (including phenoxy) is 3. The van der Waals surface area contributed by atoms with Gasteiger partial charge in [0.25, 0.3) is 0 Å². The average molecular weight is 1700 g/mol. The number of fused-ring (bicyclic) bond motifs is 5. The van der Waals surface area contributed by atoms with Crippen LogP contribution in [-0.4, -0.2) is 272 Å². The zero-order valence-electron chi connectivity index (χ0n) is 72.1. The molecular weight excluding hydrogens is 1590 g/mol. The number of piperidine rings is 1. The van der Waals surface area contributed by atoms with Gasteiger partial charge < -0.3 is 87.5 Å². The lowest BCUT2D eigenvalue weighted by atomic mass is 10.00. The number of alkyl halides is 3. The van der Waals surface area contributed by atoms with E-state index in [2.05, 4.69) is 186 Å². The van der Waals surface area contributed by atoms with Gasteiger partial charge in [-0.05, 0) is 159 Å². The number of likely N-dealkylation sites (N-methyl/N-ethyl adjacent to an activating group) is 3. The van der Waals surface area contributed by atoms with Crippen molar-refractivity contribution in [3.8, 4) is 18.0 Å². The molecule has 654 valence electrons. The summed E-state index contributed by atoms with van der Waals surface area (Å²) in [6.07, 6.45) is 9.45. The Morgan fingerprint density at radius 2 is 0.800 bits per heavy atom. The summed E-state index contributed by atoms with van der Waals surface area (Å²) in [5, 5.41) is 4.92. The molecule has 0 saturated carbocycles. The highest BCUT2D eigenvalue weighted by Crippen LogP contribution is 2.42. The maximum atomic E-state index is 13.8. The van der Waals surface area contributed by atoms with Crippen LogP contribution in [-0.2, 0) is 59.5 Å². The van der Waals surface area contributed by atoms with Crippen LogP contribution in [0.5, 0.6) is 18.0 Å². The van der Waals surface area contributed by atoms with Gasteiger partial charge in [-0.2, -0.15) is 43.1 Å². The van der Waals surface area contributed by atoms with Crippen LogP contribution >= 0.6 is 0 Å². The highest BCUT2D eigenvalue weighted by atomic mass is 19.4. The van der Waals surface area contributed by atoms with E-state index in [-0.39, 0.29) is 85.8 Å². The summed E-state index contributed by atoms with van der Waals surface area (Å²) in [5.41, 5.74) is 7.57.